The van der Waals surface area contributed by atoms with Gasteiger partial charge in [0.05, 0.1) is 10.3 Å². The lowest BCUT2D eigenvalue weighted by molar-refractivity contribution is -0.116. The van der Waals surface area contributed by atoms with Crippen LogP contribution in [0.3, 0.4) is 0 Å². The van der Waals surface area contributed by atoms with Crippen LogP contribution in [-0.4, -0.2) is 22.8 Å². The predicted octanol–water partition coefficient (Wildman–Crippen LogP) is 5.58. The van der Waals surface area contributed by atoms with Crippen LogP contribution >= 0.6 is 23.4 Å². The van der Waals surface area contributed by atoms with Gasteiger partial charge in [0.1, 0.15) is 5.82 Å². The van der Waals surface area contributed by atoms with E-state index in [1.807, 2.05) is 32.0 Å². The van der Waals surface area contributed by atoms with E-state index in [-0.39, 0.29) is 22.1 Å². The number of para-hydroxylation sites is 1. The van der Waals surface area contributed by atoms with Crippen molar-refractivity contribution >= 4 is 46.6 Å². The number of hydrogen-bond donors (Lipinski definition) is 2. The monoisotopic (exact) mass is 422 g/mol. The highest BCUT2D eigenvalue weighted by Crippen LogP contribution is 2.22. The van der Waals surface area contributed by atoms with Gasteiger partial charge < -0.3 is 10.6 Å². The third kappa shape index (κ3) is 6.53. The molecule has 0 heterocycles. The molecule has 0 aliphatic heterocycles. The molecular formula is C21H24ClFN2O2S. The van der Waals surface area contributed by atoms with Gasteiger partial charge in [0.25, 0.3) is 0 Å². The van der Waals surface area contributed by atoms with Crippen molar-refractivity contribution in [1.82, 2.24) is 0 Å². The second kappa shape index (κ2) is 10.5. The van der Waals surface area contributed by atoms with E-state index in [0.29, 0.717) is 24.3 Å². The van der Waals surface area contributed by atoms with E-state index in [1.54, 1.807) is 6.92 Å². The minimum Gasteiger partial charge on any atom is -0.326 e. The van der Waals surface area contributed by atoms with Crippen LogP contribution < -0.4 is 10.6 Å². The Balaban J connectivity index is 1.72. The van der Waals surface area contributed by atoms with Gasteiger partial charge in [-0.1, -0.05) is 29.8 Å². The first-order valence-electron chi connectivity index (χ1n) is 9.01. The van der Waals surface area contributed by atoms with Crippen LogP contribution in [0.2, 0.25) is 5.02 Å². The summed E-state index contributed by atoms with van der Waals surface area (Å²) < 4.78 is 13.2. The van der Waals surface area contributed by atoms with Gasteiger partial charge in [-0.05, 0) is 62.3 Å². The topological polar surface area (TPSA) is 58.2 Å². The lowest BCUT2D eigenvalue weighted by Crippen LogP contribution is -2.23. The summed E-state index contributed by atoms with van der Waals surface area (Å²) in [4.78, 5) is 24.4. The van der Waals surface area contributed by atoms with Crippen molar-refractivity contribution in [1.29, 1.82) is 0 Å². The third-order valence-corrected chi connectivity index (χ3v) is 5.75. The molecule has 0 aliphatic carbocycles. The summed E-state index contributed by atoms with van der Waals surface area (Å²) in [7, 11) is 0. The number of nitrogens with one attached hydrogen (secondary N) is 2. The Morgan fingerprint density at radius 1 is 1.14 bits per heavy atom. The molecular weight excluding hydrogens is 399 g/mol. The van der Waals surface area contributed by atoms with Crippen LogP contribution in [-0.2, 0) is 9.59 Å². The van der Waals surface area contributed by atoms with Crippen molar-refractivity contribution in [2.75, 3.05) is 16.4 Å². The van der Waals surface area contributed by atoms with E-state index in [9.17, 15) is 14.0 Å². The molecule has 0 aliphatic rings. The molecule has 2 amide bonds. The third-order valence-electron chi connectivity index (χ3n) is 4.22. The molecule has 2 N–H and O–H groups in total. The SMILES string of the molecule is Cc1cccc(C)c1NC(=O)CCCSC(C)C(=O)Nc1ccc(F)c(Cl)c1. The maximum absolute atomic E-state index is 13.2. The number of thioether (sulfide) groups is 1. The number of carbonyl (C=O) groups excluding carboxylic acids is 2. The number of halogens is 2. The highest BCUT2D eigenvalue weighted by atomic mass is 35.5. The largest absolute Gasteiger partial charge is 0.326 e. The molecule has 0 saturated heterocycles. The molecule has 4 nitrogen and oxygen atoms in total. The summed E-state index contributed by atoms with van der Waals surface area (Å²) in [6.45, 7) is 5.72. The summed E-state index contributed by atoms with van der Waals surface area (Å²) in [6.07, 6.45) is 1.06. The molecule has 7 heteroatoms. The molecule has 150 valence electrons. The van der Waals surface area contributed by atoms with Gasteiger partial charge >= 0.3 is 0 Å². The van der Waals surface area contributed by atoms with Gasteiger partial charge in [-0.15, -0.1) is 11.8 Å². The molecule has 2 rings (SSSR count). The highest BCUT2D eigenvalue weighted by molar-refractivity contribution is 8.00. The molecule has 0 bridgehead atoms. The van der Waals surface area contributed by atoms with E-state index < -0.39 is 5.82 Å². The standard InChI is InChI=1S/C21H24ClFN2O2S/c1-13-6-4-7-14(2)20(13)25-19(26)8-5-11-28-15(3)21(27)24-16-9-10-18(23)17(22)12-16/h4,6-7,9-10,12,15H,5,8,11H2,1-3H3,(H,24,27)(H,25,26). The summed E-state index contributed by atoms with van der Waals surface area (Å²) in [5.41, 5.74) is 3.39. The lowest BCUT2D eigenvalue weighted by Gasteiger charge is -2.13. The number of benzene rings is 2. The summed E-state index contributed by atoms with van der Waals surface area (Å²) >= 11 is 7.18. The second-order valence-corrected chi connectivity index (χ2v) is 8.41. The number of hydrogen-bond acceptors (Lipinski definition) is 3. The minimum atomic E-state index is -0.527. The van der Waals surface area contributed by atoms with E-state index in [2.05, 4.69) is 10.6 Å². The van der Waals surface area contributed by atoms with Crippen LogP contribution in [0.25, 0.3) is 0 Å². The van der Waals surface area contributed by atoms with Gasteiger partial charge in [0.15, 0.2) is 0 Å². The molecule has 0 saturated carbocycles. The van der Waals surface area contributed by atoms with Crippen LogP contribution in [0.5, 0.6) is 0 Å². The van der Waals surface area contributed by atoms with Gasteiger partial charge in [-0.2, -0.15) is 0 Å². The molecule has 2 aromatic carbocycles. The van der Waals surface area contributed by atoms with Crippen molar-refractivity contribution in [2.45, 2.75) is 38.9 Å². The molecule has 0 fully saturated rings. The molecule has 0 radical (unpaired) electrons. The van der Waals surface area contributed by atoms with E-state index >= 15 is 0 Å². The first-order valence-corrected chi connectivity index (χ1v) is 10.4. The zero-order chi connectivity index (χ0) is 20.7. The van der Waals surface area contributed by atoms with E-state index in [1.165, 1.54) is 30.0 Å². The molecule has 0 spiro atoms. The molecule has 2 aromatic rings. The first-order chi connectivity index (χ1) is 13.3. The summed E-state index contributed by atoms with van der Waals surface area (Å²) in [5, 5.41) is 5.34. The average molecular weight is 423 g/mol. The fourth-order valence-corrected chi connectivity index (χ4v) is 3.66. The smallest absolute Gasteiger partial charge is 0.237 e. The van der Waals surface area contributed by atoms with Gasteiger partial charge in [0, 0.05) is 17.8 Å². The van der Waals surface area contributed by atoms with Crippen molar-refractivity contribution in [2.24, 2.45) is 0 Å². The van der Waals surface area contributed by atoms with Crippen molar-refractivity contribution < 1.29 is 14.0 Å². The molecule has 1 unspecified atom stereocenters. The lowest BCUT2D eigenvalue weighted by atomic mass is 10.1. The Hall–Kier alpha value is -2.05. The first kappa shape index (κ1) is 22.2. The average Bonchev–Trinajstić information content (AvgIpc) is 2.64. The highest BCUT2D eigenvalue weighted by Gasteiger charge is 2.14. The Morgan fingerprint density at radius 2 is 1.82 bits per heavy atom. The summed E-state index contributed by atoms with van der Waals surface area (Å²) in [5.74, 6) is -0.0659. The molecule has 28 heavy (non-hydrogen) atoms. The van der Waals surface area contributed by atoms with E-state index in [0.717, 1.165) is 16.8 Å². The normalized spacial score (nSPS) is 11.8. The number of aryl methyl sites for hydroxylation is 2. The van der Waals surface area contributed by atoms with Crippen LogP contribution in [0.4, 0.5) is 15.8 Å². The fourth-order valence-electron chi connectivity index (χ4n) is 2.60. The van der Waals surface area contributed by atoms with Gasteiger partial charge in [-0.3, -0.25) is 9.59 Å². The number of rotatable bonds is 8. The van der Waals surface area contributed by atoms with Crippen LogP contribution in [0, 0.1) is 19.7 Å². The zero-order valence-electron chi connectivity index (χ0n) is 16.1. The fraction of sp³-hybridized carbons (Fsp3) is 0.333. The van der Waals surface area contributed by atoms with Crippen molar-refractivity contribution in [3.63, 3.8) is 0 Å². The number of anilines is 2. The van der Waals surface area contributed by atoms with E-state index in [4.69, 9.17) is 11.6 Å². The van der Waals surface area contributed by atoms with Gasteiger partial charge in [0.2, 0.25) is 11.8 Å². The quantitative estimate of drug-likeness (QED) is 0.546. The number of amides is 2. The molecule has 0 aromatic heterocycles. The Morgan fingerprint density at radius 3 is 2.46 bits per heavy atom. The van der Waals surface area contributed by atoms with Gasteiger partial charge in [-0.25, -0.2) is 4.39 Å². The Labute approximate surface area is 174 Å². The Kier molecular flexibility index (Phi) is 8.33. The van der Waals surface area contributed by atoms with Crippen molar-refractivity contribution in [3.8, 4) is 0 Å². The summed E-state index contributed by atoms with van der Waals surface area (Å²) in [6, 6.07) is 9.95. The van der Waals surface area contributed by atoms with Crippen molar-refractivity contribution in [3.05, 3.63) is 58.4 Å². The maximum Gasteiger partial charge on any atom is 0.237 e. The maximum atomic E-state index is 13.2. The Bertz CT molecular complexity index is 840. The number of carbonyl (C=O) groups is 2. The van der Waals surface area contributed by atoms with Crippen LogP contribution in [0.1, 0.15) is 30.9 Å². The zero-order valence-corrected chi connectivity index (χ0v) is 17.7. The predicted molar refractivity (Wildman–Crippen MR) is 116 cm³/mol. The van der Waals surface area contributed by atoms with Crippen LogP contribution in [0.15, 0.2) is 36.4 Å². The second-order valence-electron chi connectivity index (χ2n) is 6.55. The minimum absolute atomic E-state index is 0.0314. The molecule has 1 atom stereocenters.